The SMILES string of the molecule is [C-]#[N+]C1=C[C@@]2(c3ccccc3)C(=O)N(c3ccnn3C)CC=C2C(C)(C)C1=O. The van der Waals surface area contributed by atoms with Gasteiger partial charge in [0.1, 0.15) is 11.2 Å². The van der Waals surface area contributed by atoms with Crippen LogP contribution in [0.4, 0.5) is 5.82 Å². The van der Waals surface area contributed by atoms with E-state index in [9.17, 15) is 9.59 Å². The average Bonchev–Trinajstić information content (AvgIpc) is 3.12. The number of nitrogens with zero attached hydrogens (tertiary/aromatic N) is 4. The van der Waals surface area contributed by atoms with Crippen molar-refractivity contribution in [3.8, 4) is 0 Å². The van der Waals surface area contributed by atoms with Crippen LogP contribution in [0.25, 0.3) is 4.85 Å². The summed E-state index contributed by atoms with van der Waals surface area (Å²) in [6.45, 7) is 11.5. The van der Waals surface area contributed by atoms with E-state index in [1.807, 2.05) is 36.4 Å². The predicted octanol–water partition coefficient (Wildman–Crippen LogP) is 3.04. The third-order valence-corrected chi connectivity index (χ3v) is 5.73. The molecule has 1 amide bonds. The number of rotatable bonds is 2. The molecule has 1 aromatic heterocycles. The van der Waals surface area contributed by atoms with Crippen molar-refractivity contribution in [2.75, 3.05) is 11.4 Å². The van der Waals surface area contributed by atoms with Gasteiger partial charge in [0.25, 0.3) is 0 Å². The minimum atomic E-state index is -1.19. The molecule has 0 saturated carbocycles. The zero-order valence-corrected chi connectivity index (χ0v) is 16.0. The zero-order chi connectivity index (χ0) is 20.1. The van der Waals surface area contributed by atoms with Crippen LogP contribution in [0.3, 0.4) is 0 Å². The van der Waals surface area contributed by atoms with Crippen molar-refractivity contribution in [1.82, 2.24) is 9.78 Å². The van der Waals surface area contributed by atoms with Crippen molar-refractivity contribution in [3.63, 3.8) is 0 Å². The van der Waals surface area contributed by atoms with Crippen LogP contribution in [0.2, 0.25) is 0 Å². The van der Waals surface area contributed by atoms with Crippen molar-refractivity contribution in [2.24, 2.45) is 12.5 Å². The standard InChI is InChI=1S/C22H20N4O2/c1-21(2)17-11-13-26(18-10-12-24-25(18)4)20(28)22(17,14-16(23-3)19(21)27)15-8-6-5-7-9-15/h5-12,14H,13H2,1-2,4H3/t22-/m0/s1. The first-order valence-electron chi connectivity index (χ1n) is 9.05. The third-order valence-electron chi connectivity index (χ3n) is 5.73. The summed E-state index contributed by atoms with van der Waals surface area (Å²) < 4.78 is 1.65. The van der Waals surface area contributed by atoms with E-state index >= 15 is 0 Å². The molecule has 0 spiro atoms. The van der Waals surface area contributed by atoms with E-state index in [1.165, 1.54) is 0 Å². The number of benzene rings is 1. The number of Topliss-reactive ketones (excluding diaryl/α,β-unsaturated/α-hetero) is 1. The molecule has 0 bridgehead atoms. The lowest BCUT2D eigenvalue weighted by Crippen LogP contribution is -2.57. The molecule has 1 aromatic carbocycles. The normalized spacial score (nSPS) is 23.6. The first-order chi connectivity index (χ1) is 13.3. The Morgan fingerprint density at radius 3 is 2.46 bits per heavy atom. The van der Waals surface area contributed by atoms with Crippen molar-refractivity contribution in [3.05, 3.63) is 83.0 Å². The van der Waals surface area contributed by atoms with Crippen molar-refractivity contribution >= 4 is 17.5 Å². The van der Waals surface area contributed by atoms with Gasteiger partial charge in [0.2, 0.25) is 11.6 Å². The molecule has 0 unspecified atom stereocenters. The summed E-state index contributed by atoms with van der Waals surface area (Å²) in [4.78, 5) is 32.0. The lowest BCUT2D eigenvalue weighted by molar-refractivity contribution is -0.125. The highest BCUT2D eigenvalue weighted by atomic mass is 16.2. The lowest BCUT2D eigenvalue weighted by Gasteiger charge is -2.48. The molecule has 4 rings (SSSR count). The number of allylic oxidation sites excluding steroid dienone is 1. The molecule has 28 heavy (non-hydrogen) atoms. The van der Waals surface area contributed by atoms with E-state index in [0.29, 0.717) is 12.4 Å². The van der Waals surface area contributed by atoms with Gasteiger partial charge in [-0.15, -0.1) is 0 Å². The molecule has 0 radical (unpaired) electrons. The smallest absolute Gasteiger partial charge is 0.245 e. The van der Waals surface area contributed by atoms with Crippen LogP contribution in [0.5, 0.6) is 0 Å². The Morgan fingerprint density at radius 2 is 1.86 bits per heavy atom. The van der Waals surface area contributed by atoms with E-state index in [0.717, 1.165) is 11.1 Å². The zero-order valence-electron chi connectivity index (χ0n) is 16.0. The van der Waals surface area contributed by atoms with E-state index in [-0.39, 0.29) is 17.4 Å². The highest BCUT2D eigenvalue weighted by Crippen LogP contribution is 2.52. The summed E-state index contributed by atoms with van der Waals surface area (Å²) in [5.41, 5.74) is -0.655. The first-order valence-corrected chi connectivity index (χ1v) is 9.05. The Labute approximate surface area is 163 Å². The van der Waals surface area contributed by atoms with Gasteiger partial charge in [0.05, 0.1) is 12.8 Å². The van der Waals surface area contributed by atoms with Gasteiger partial charge in [-0.2, -0.15) is 5.10 Å². The van der Waals surface area contributed by atoms with E-state index in [2.05, 4.69) is 9.94 Å². The summed E-state index contributed by atoms with van der Waals surface area (Å²) in [7, 11) is 1.78. The monoisotopic (exact) mass is 372 g/mol. The molecule has 1 atom stereocenters. The number of fused-ring (bicyclic) bond motifs is 1. The van der Waals surface area contributed by atoms with Gasteiger partial charge in [-0.1, -0.05) is 56.3 Å². The summed E-state index contributed by atoms with van der Waals surface area (Å²) in [6.07, 6.45) is 5.15. The van der Waals surface area contributed by atoms with Gasteiger partial charge in [-0.05, 0) is 11.1 Å². The second kappa shape index (κ2) is 6.03. The number of carbonyl (C=O) groups excluding carboxylic acids is 2. The molecule has 1 aliphatic heterocycles. The summed E-state index contributed by atoms with van der Waals surface area (Å²) in [5, 5.41) is 4.18. The molecule has 1 aliphatic carbocycles. The van der Waals surface area contributed by atoms with Crippen molar-refractivity contribution in [2.45, 2.75) is 19.3 Å². The maximum absolute atomic E-state index is 14.0. The fourth-order valence-corrected chi connectivity index (χ4v) is 4.33. The first kappa shape index (κ1) is 17.9. The number of aryl methyl sites for hydroxylation is 1. The van der Waals surface area contributed by atoms with E-state index in [1.54, 1.807) is 48.8 Å². The lowest BCUT2D eigenvalue weighted by atomic mass is 9.57. The maximum Gasteiger partial charge on any atom is 0.245 e. The fourth-order valence-electron chi connectivity index (χ4n) is 4.33. The Bertz CT molecular complexity index is 1090. The van der Waals surface area contributed by atoms with E-state index < -0.39 is 10.8 Å². The molecule has 0 fully saturated rings. The van der Waals surface area contributed by atoms with Gasteiger partial charge in [-0.25, -0.2) is 4.85 Å². The van der Waals surface area contributed by atoms with Crippen LogP contribution >= 0.6 is 0 Å². The van der Waals surface area contributed by atoms with Gasteiger partial charge in [-0.3, -0.25) is 14.4 Å². The molecular formula is C22H20N4O2. The number of amides is 1. The highest BCUT2D eigenvalue weighted by molar-refractivity contribution is 6.14. The van der Waals surface area contributed by atoms with Gasteiger partial charge < -0.3 is 4.79 Å². The third kappa shape index (κ3) is 2.23. The number of hydrogen-bond acceptors (Lipinski definition) is 3. The van der Waals surface area contributed by atoms with Gasteiger partial charge >= 0.3 is 0 Å². The van der Waals surface area contributed by atoms with E-state index in [4.69, 9.17) is 6.57 Å². The van der Waals surface area contributed by atoms with Crippen LogP contribution in [0.1, 0.15) is 19.4 Å². The van der Waals surface area contributed by atoms with Crippen LogP contribution in [-0.4, -0.2) is 28.0 Å². The molecule has 2 aromatic rings. The Morgan fingerprint density at radius 1 is 1.14 bits per heavy atom. The Balaban J connectivity index is 2.05. The van der Waals surface area contributed by atoms with Crippen molar-refractivity contribution in [1.29, 1.82) is 0 Å². The largest absolute Gasteiger partial charge is 0.307 e. The Kier molecular flexibility index (Phi) is 3.86. The Hall–Kier alpha value is -3.46. The second-order valence-electron chi connectivity index (χ2n) is 7.62. The molecular weight excluding hydrogens is 352 g/mol. The molecule has 2 aliphatic rings. The minimum absolute atomic E-state index is 0.00575. The number of carbonyl (C=O) groups is 2. The number of anilines is 1. The molecule has 6 nitrogen and oxygen atoms in total. The second-order valence-corrected chi connectivity index (χ2v) is 7.62. The molecule has 6 heteroatoms. The molecule has 0 N–H and O–H groups in total. The predicted molar refractivity (Wildman–Crippen MR) is 105 cm³/mol. The maximum atomic E-state index is 14.0. The topological polar surface area (TPSA) is 59.6 Å². The molecule has 0 saturated heterocycles. The van der Waals surface area contributed by atoms with Gasteiger partial charge in [0.15, 0.2) is 5.78 Å². The quantitative estimate of drug-likeness (QED) is 0.601. The number of aromatic nitrogens is 2. The van der Waals surface area contributed by atoms with Crippen LogP contribution < -0.4 is 4.90 Å². The average molecular weight is 372 g/mol. The summed E-state index contributed by atoms with van der Waals surface area (Å²) >= 11 is 0. The van der Waals surface area contributed by atoms with Crippen LogP contribution in [0.15, 0.2) is 66.0 Å². The fraction of sp³-hybridized carbons (Fsp3) is 0.273. The number of hydrogen-bond donors (Lipinski definition) is 0. The molecule has 2 heterocycles. The summed E-state index contributed by atoms with van der Waals surface area (Å²) in [5.74, 6) is 0.242. The number of ketones is 1. The minimum Gasteiger partial charge on any atom is -0.307 e. The summed E-state index contributed by atoms with van der Waals surface area (Å²) in [6, 6.07) is 11.2. The highest BCUT2D eigenvalue weighted by Gasteiger charge is 2.57. The van der Waals surface area contributed by atoms with Crippen LogP contribution in [0, 0.1) is 12.0 Å². The van der Waals surface area contributed by atoms with Gasteiger partial charge in [0, 0.05) is 25.1 Å². The molecule has 140 valence electrons. The van der Waals surface area contributed by atoms with Crippen molar-refractivity contribution < 1.29 is 9.59 Å². The van der Waals surface area contributed by atoms with Crippen LogP contribution in [-0.2, 0) is 22.1 Å².